The maximum atomic E-state index is 12.2. The second-order valence-electron chi connectivity index (χ2n) is 5.27. The third kappa shape index (κ3) is 3.05. The Morgan fingerprint density at radius 3 is 3.05 bits per heavy atom. The molecular formula is C15H18N4OS. The van der Waals surface area contributed by atoms with Gasteiger partial charge < -0.3 is 5.32 Å². The fraction of sp³-hybridized carbons (Fsp3) is 0.400. The van der Waals surface area contributed by atoms with Crippen LogP contribution >= 0.6 is 11.3 Å². The predicted octanol–water partition coefficient (Wildman–Crippen LogP) is 2.63. The third-order valence-corrected chi connectivity index (χ3v) is 4.33. The summed E-state index contributed by atoms with van der Waals surface area (Å²) < 4.78 is 1.10. The van der Waals surface area contributed by atoms with Gasteiger partial charge in [-0.1, -0.05) is 17.4 Å². The average Bonchev–Trinajstić information content (AvgIpc) is 2.67. The van der Waals surface area contributed by atoms with Gasteiger partial charge in [0.1, 0.15) is 0 Å². The van der Waals surface area contributed by atoms with Crippen LogP contribution in [0.5, 0.6) is 0 Å². The molecule has 0 saturated heterocycles. The van der Waals surface area contributed by atoms with Crippen LogP contribution in [0.25, 0.3) is 10.2 Å². The summed E-state index contributed by atoms with van der Waals surface area (Å²) in [6.45, 7) is 5.60. The minimum Gasteiger partial charge on any atom is -0.366 e. The fourth-order valence-corrected chi connectivity index (χ4v) is 3.46. The standard InChI is InChI=1S/C15H18N4OS/c1-9-7-10(2)12-11(8-9)21-15(18-12)19-14(20)13-16-5-3-4-6-17-13/h7-8H,3-6H2,1-2H3,(H,16,17)(H,18,19,20). The zero-order valence-corrected chi connectivity index (χ0v) is 13.0. The Balaban J connectivity index is 1.83. The first-order valence-corrected chi connectivity index (χ1v) is 7.92. The van der Waals surface area contributed by atoms with E-state index in [4.69, 9.17) is 0 Å². The van der Waals surface area contributed by atoms with Crippen molar-refractivity contribution in [1.82, 2.24) is 10.3 Å². The summed E-state index contributed by atoms with van der Waals surface area (Å²) in [4.78, 5) is 21.0. The molecule has 0 atom stereocenters. The fourth-order valence-electron chi connectivity index (χ4n) is 2.42. The van der Waals surface area contributed by atoms with E-state index in [0.717, 1.165) is 35.2 Å². The van der Waals surface area contributed by atoms with Gasteiger partial charge in [0.2, 0.25) is 0 Å². The van der Waals surface area contributed by atoms with Crippen LogP contribution in [-0.2, 0) is 4.79 Å². The molecule has 0 radical (unpaired) electrons. The molecule has 21 heavy (non-hydrogen) atoms. The lowest BCUT2D eigenvalue weighted by molar-refractivity contribution is -0.110. The number of nitrogens with zero attached hydrogens (tertiary/aromatic N) is 2. The van der Waals surface area contributed by atoms with Crippen LogP contribution in [-0.4, -0.2) is 29.8 Å². The van der Waals surface area contributed by atoms with Gasteiger partial charge in [0.15, 0.2) is 11.0 Å². The summed E-state index contributed by atoms with van der Waals surface area (Å²) in [5.41, 5.74) is 3.29. The molecule has 1 aliphatic heterocycles. The smallest absolute Gasteiger partial charge is 0.292 e. The Labute approximate surface area is 127 Å². The minimum absolute atomic E-state index is 0.203. The van der Waals surface area contributed by atoms with Gasteiger partial charge in [-0.05, 0) is 43.9 Å². The van der Waals surface area contributed by atoms with E-state index in [1.807, 2.05) is 6.92 Å². The average molecular weight is 302 g/mol. The third-order valence-electron chi connectivity index (χ3n) is 3.41. The van der Waals surface area contributed by atoms with Crippen LogP contribution in [0.4, 0.5) is 5.13 Å². The van der Waals surface area contributed by atoms with E-state index in [-0.39, 0.29) is 5.91 Å². The molecule has 1 aromatic carbocycles. The van der Waals surface area contributed by atoms with E-state index >= 15 is 0 Å². The van der Waals surface area contributed by atoms with Gasteiger partial charge in [-0.15, -0.1) is 0 Å². The van der Waals surface area contributed by atoms with Crippen LogP contribution in [0.2, 0.25) is 0 Å². The Morgan fingerprint density at radius 2 is 2.19 bits per heavy atom. The molecule has 2 aromatic rings. The first-order valence-electron chi connectivity index (χ1n) is 7.11. The maximum absolute atomic E-state index is 12.2. The lowest BCUT2D eigenvalue weighted by atomic mass is 10.1. The molecular weight excluding hydrogens is 284 g/mol. The number of carbonyl (C=O) groups excluding carboxylic acids is 1. The number of nitrogens with one attached hydrogen (secondary N) is 2. The lowest BCUT2D eigenvalue weighted by Crippen LogP contribution is -2.35. The molecule has 3 rings (SSSR count). The molecule has 6 heteroatoms. The summed E-state index contributed by atoms with van der Waals surface area (Å²) in [7, 11) is 0. The number of aromatic nitrogens is 1. The zero-order chi connectivity index (χ0) is 14.8. The van der Waals surface area contributed by atoms with Crippen molar-refractivity contribution in [3.05, 3.63) is 23.3 Å². The molecule has 0 saturated carbocycles. The molecule has 1 amide bonds. The number of aryl methyl sites for hydroxylation is 2. The highest BCUT2D eigenvalue weighted by Gasteiger charge is 2.15. The van der Waals surface area contributed by atoms with Crippen LogP contribution in [0.15, 0.2) is 17.1 Å². The number of hydrogen-bond donors (Lipinski definition) is 2. The normalized spacial score (nSPS) is 15.2. The highest BCUT2D eigenvalue weighted by molar-refractivity contribution is 7.22. The first-order chi connectivity index (χ1) is 10.1. The quantitative estimate of drug-likeness (QED) is 0.896. The molecule has 110 valence electrons. The van der Waals surface area contributed by atoms with E-state index in [2.05, 4.69) is 39.7 Å². The van der Waals surface area contributed by atoms with E-state index in [0.29, 0.717) is 17.5 Å². The van der Waals surface area contributed by atoms with Crippen LogP contribution < -0.4 is 10.6 Å². The van der Waals surface area contributed by atoms with E-state index in [9.17, 15) is 4.79 Å². The van der Waals surface area contributed by atoms with Crippen molar-refractivity contribution in [3.63, 3.8) is 0 Å². The van der Waals surface area contributed by atoms with E-state index in [1.165, 1.54) is 16.9 Å². The summed E-state index contributed by atoms with van der Waals surface area (Å²) in [6.07, 6.45) is 2.06. The maximum Gasteiger partial charge on any atom is 0.292 e. The van der Waals surface area contributed by atoms with Crippen LogP contribution in [0, 0.1) is 13.8 Å². The topological polar surface area (TPSA) is 66.4 Å². The zero-order valence-electron chi connectivity index (χ0n) is 12.2. The molecule has 5 nitrogen and oxygen atoms in total. The number of thiazole rings is 1. The molecule has 0 aliphatic carbocycles. The molecule has 0 bridgehead atoms. The van der Waals surface area contributed by atoms with Crippen molar-refractivity contribution < 1.29 is 4.79 Å². The molecule has 0 spiro atoms. The second kappa shape index (κ2) is 5.81. The lowest BCUT2D eigenvalue weighted by Gasteiger charge is -2.05. The van der Waals surface area contributed by atoms with Gasteiger partial charge in [0.25, 0.3) is 5.91 Å². The first kappa shape index (κ1) is 14.0. The van der Waals surface area contributed by atoms with Gasteiger partial charge in [-0.2, -0.15) is 0 Å². The van der Waals surface area contributed by atoms with Crippen molar-refractivity contribution in [1.29, 1.82) is 0 Å². The number of anilines is 1. The summed E-state index contributed by atoms with van der Waals surface area (Å²) in [5.74, 6) is 0.213. The molecule has 0 unspecified atom stereocenters. The van der Waals surface area contributed by atoms with E-state index in [1.54, 1.807) is 0 Å². The number of aliphatic imine (C=N–C) groups is 1. The number of amides is 1. The number of fused-ring (bicyclic) bond motifs is 1. The Hall–Kier alpha value is -1.95. The second-order valence-corrected chi connectivity index (χ2v) is 6.30. The Bertz CT molecular complexity index is 720. The van der Waals surface area contributed by atoms with Crippen LogP contribution in [0.1, 0.15) is 24.0 Å². The van der Waals surface area contributed by atoms with Gasteiger partial charge in [-0.25, -0.2) is 4.98 Å². The van der Waals surface area contributed by atoms with Crippen molar-refractivity contribution in [2.24, 2.45) is 4.99 Å². The highest BCUT2D eigenvalue weighted by Crippen LogP contribution is 2.29. The SMILES string of the molecule is Cc1cc(C)c2nc(NC(=O)C3=NCCCCN3)sc2c1. The summed E-state index contributed by atoms with van der Waals surface area (Å²) >= 11 is 1.50. The molecule has 2 heterocycles. The van der Waals surface area contributed by atoms with Gasteiger partial charge >= 0.3 is 0 Å². The van der Waals surface area contributed by atoms with Gasteiger partial charge in [0, 0.05) is 13.1 Å². The highest BCUT2D eigenvalue weighted by atomic mass is 32.1. The number of rotatable bonds is 2. The van der Waals surface area contributed by atoms with Gasteiger partial charge in [-0.3, -0.25) is 15.1 Å². The number of benzene rings is 1. The van der Waals surface area contributed by atoms with E-state index < -0.39 is 0 Å². The monoisotopic (exact) mass is 302 g/mol. The number of amidine groups is 1. The largest absolute Gasteiger partial charge is 0.366 e. The van der Waals surface area contributed by atoms with Gasteiger partial charge in [0.05, 0.1) is 10.2 Å². The molecule has 0 fully saturated rings. The molecule has 1 aromatic heterocycles. The van der Waals surface area contributed by atoms with Crippen molar-refractivity contribution >= 4 is 38.4 Å². The van der Waals surface area contributed by atoms with Crippen LogP contribution in [0.3, 0.4) is 0 Å². The van der Waals surface area contributed by atoms with Crippen molar-refractivity contribution in [3.8, 4) is 0 Å². The minimum atomic E-state index is -0.203. The Kier molecular flexibility index (Phi) is 3.88. The van der Waals surface area contributed by atoms with Crippen molar-refractivity contribution in [2.75, 3.05) is 18.4 Å². The Morgan fingerprint density at radius 1 is 1.33 bits per heavy atom. The predicted molar refractivity (Wildman–Crippen MR) is 87.3 cm³/mol. The molecule has 1 aliphatic rings. The number of hydrogen-bond acceptors (Lipinski definition) is 5. The molecule has 2 N–H and O–H groups in total. The summed E-state index contributed by atoms with van der Waals surface area (Å²) in [5, 5.41) is 6.54. The van der Waals surface area contributed by atoms with Crippen molar-refractivity contribution in [2.45, 2.75) is 26.7 Å². The number of carbonyl (C=O) groups is 1. The summed E-state index contributed by atoms with van der Waals surface area (Å²) in [6, 6.07) is 4.20.